The van der Waals surface area contributed by atoms with E-state index in [2.05, 4.69) is 23.7 Å². The predicted molar refractivity (Wildman–Crippen MR) is 79.8 cm³/mol. The van der Waals surface area contributed by atoms with Gasteiger partial charge in [0.25, 0.3) is 5.91 Å². The number of likely N-dealkylation sites (N-methyl/N-ethyl adjacent to an activating group) is 1. The first-order chi connectivity index (χ1) is 9.86. The van der Waals surface area contributed by atoms with Crippen LogP contribution in [0.4, 0.5) is 0 Å². The molecule has 1 fully saturated rings. The van der Waals surface area contributed by atoms with E-state index in [-0.39, 0.29) is 11.6 Å². The van der Waals surface area contributed by atoms with E-state index < -0.39 is 5.97 Å². The minimum atomic E-state index is -1.03. The van der Waals surface area contributed by atoms with Crippen molar-refractivity contribution in [1.29, 1.82) is 0 Å². The molecule has 2 rings (SSSR count). The van der Waals surface area contributed by atoms with Gasteiger partial charge in [0, 0.05) is 31.4 Å². The molecule has 1 aromatic rings. The number of carboxylic acid groups (broad SMARTS) is 1. The van der Waals surface area contributed by atoms with Crippen molar-refractivity contribution in [3.05, 3.63) is 22.5 Å². The Kier molecular flexibility index (Phi) is 4.37. The summed E-state index contributed by atoms with van der Waals surface area (Å²) in [5.74, 6) is -1.10. The monoisotopic (exact) mass is 293 g/mol. The fourth-order valence-corrected chi connectivity index (χ4v) is 3.09. The maximum absolute atomic E-state index is 12.7. The van der Waals surface area contributed by atoms with Crippen LogP contribution in [0.25, 0.3) is 0 Å². The lowest BCUT2D eigenvalue weighted by Crippen LogP contribution is -2.53. The lowest BCUT2D eigenvalue weighted by atomic mass is 10.1. The lowest BCUT2D eigenvalue weighted by molar-refractivity contribution is 0.0527. The lowest BCUT2D eigenvalue weighted by Gasteiger charge is -2.39. The summed E-state index contributed by atoms with van der Waals surface area (Å²) >= 11 is 0. The molecule has 1 atom stereocenters. The standard InChI is InChI=1S/C15H23N3O3/c1-5-17-6-7-18(8-9(17)2)14(19)12-10(3)13(15(20)21)16-11(12)4/h9,16H,5-8H2,1-4H3,(H,20,21). The number of aromatic carboxylic acids is 1. The highest BCUT2D eigenvalue weighted by Crippen LogP contribution is 2.21. The fraction of sp³-hybridized carbons (Fsp3) is 0.600. The van der Waals surface area contributed by atoms with Crippen LogP contribution < -0.4 is 0 Å². The molecule has 0 radical (unpaired) electrons. The van der Waals surface area contributed by atoms with Crippen LogP contribution >= 0.6 is 0 Å². The second kappa shape index (κ2) is 5.89. The number of aromatic nitrogens is 1. The summed E-state index contributed by atoms with van der Waals surface area (Å²) in [6, 6.07) is 0.325. The van der Waals surface area contributed by atoms with E-state index in [1.165, 1.54) is 0 Å². The smallest absolute Gasteiger partial charge is 0.352 e. The molecule has 116 valence electrons. The summed E-state index contributed by atoms with van der Waals surface area (Å²) in [7, 11) is 0. The minimum absolute atomic E-state index is 0.0728. The Morgan fingerprint density at radius 2 is 2.00 bits per heavy atom. The Labute approximate surface area is 124 Å². The van der Waals surface area contributed by atoms with E-state index in [1.54, 1.807) is 13.8 Å². The number of hydrogen-bond acceptors (Lipinski definition) is 3. The second-order valence-electron chi connectivity index (χ2n) is 5.66. The van der Waals surface area contributed by atoms with E-state index in [0.717, 1.165) is 13.1 Å². The number of aromatic amines is 1. The largest absolute Gasteiger partial charge is 0.477 e. The third-order valence-corrected chi connectivity index (χ3v) is 4.32. The first-order valence-corrected chi connectivity index (χ1v) is 7.32. The number of H-pyrrole nitrogens is 1. The average Bonchev–Trinajstić information content (AvgIpc) is 2.73. The summed E-state index contributed by atoms with van der Waals surface area (Å²) in [5, 5.41) is 9.14. The maximum Gasteiger partial charge on any atom is 0.352 e. The number of rotatable bonds is 3. The number of nitrogens with zero attached hydrogens (tertiary/aromatic N) is 2. The van der Waals surface area contributed by atoms with Gasteiger partial charge < -0.3 is 15.0 Å². The Hall–Kier alpha value is -1.82. The molecule has 1 amide bonds. The quantitative estimate of drug-likeness (QED) is 0.885. The first kappa shape index (κ1) is 15.6. The normalized spacial score (nSPS) is 19.8. The summed E-state index contributed by atoms with van der Waals surface area (Å²) in [5.41, 5.74) is 1.76. The van der Waals surface area contributed by atoms with Crippen molar-refractivity contribution in [2.24, 2.45) is 0 Å². The highest BCUT2D eigenvalue weighted by Gasteiger charge is 2.30. The summed E-state index contributed by atoms with van der Waals surface area (Å²) in [6.07, 6.45) is 0. The highest BCUT2D eigenvalue weighted by molar-refractivity contribution is 6.00. The molecule has 6 nitrogen and oxygen atoms in total. The highest BCUT2D eigenvalue weighted by atomic mass is 16.4. The first-order valence-electron chi connectivity index (χ1n) is 7.32. The summed E-state index contributed by atoms with van der Waals surface area (Å²) < 4.78 is 0. The van der Waals surface area contributed by atoms with Crippen LogP contribution in [-0.4, -0.2) is 64.0 Å². The predicted octanol–water partition coefficient (Wildman–Crippen LogP) is 1.50. The number of carbonyl (C=O) groups is 2. The number of amides is 1. The van der Waals surface area contributed by atoms with Crippen molar-refractivity contribution >= 4 is 11.9 Å². The topological polar surface area (TPSA) is 76.6 Å². The van der Waals surface area contributed by atoms with Crippen molar-refractivity contribution in [3.63, 3.8) is 0 Å². The van der Waals surface area contributed by atoms with Gasteiger partial charge in [-0.25, -0.2) is 4.79 Å². The molecular weight excluding hydrogens is 270 g/mol. The zero-order chi connectivity index (χ0) is 15.7. The molecule has 0 saturated carbocycles. The molecule has 2 heterocycles. The zero-order valence-corrected chi connectivity index (χ0v) is 13.1. The van der Waals surface area contributed by atoms with E-state index in [0.29, 0.717) is 36.0 Å². The van der Waals surface area contributed by atoms with E-state index in [9.17, 15) is 9.59 Å². The Morgan fingerprint density at radius 1 is 1.33 bits per heavy atom. The molecule has 1 aliphatic rings. The molecule has 21 heavy (non-hydrogen) atoms. The molecule has 1 saturated heterocycles. The van der Waals surface area contributed by atoms with Gasteiger partial charge in [-0.1, -0.05) is 6.92 Å². The van der Waals surface area contributed by atoms with Crippen LogP contribution in [0, 0.1) is 13.8 Å². The van der Waals surface area contributed by atoms with Gasteiger partial charge in [0.1, 0.15) is 5.69 Å². The molecule has 1 unspecified atom stereocenters. The maximum atomic E-state index is 12.7. The van der Waals surface area contributed by atoms with E-state index in [1.807, 2.05) is 4.90 Å². The van der Waals surface area contributed by atoms with Gasteiger partial charge in [0.15, 0.2) is 0 Å². The fourth-order valence-electron chi connectivity index (χ4n) is 3.09. The average molecular weight is 293 g/mol. The van der Waals surface area contributed by atoms with Gasteiger partial charge in [-0.05, 0) is 32.9 Å². The SMILES string of the molecule is CCN1CCN(C(=O)c2c(C)[nH]c(C(=O)O)c2C)CC1C. The number of piperazine rings is 1. The minimum Gasteiger partial charge on any atom is -0.477 e. The molecule has 0 aromatic carbocycles. The van der Waals surface area contributed by atoms with Gasteiger partial charge >= 0.3 is 5.97 Å². The number of aryl methyl sites for hydroxylation is 1. The molecule has 2 N–H and O–H groups in total. The molecule has 6 heteroatoms. The number of carboxylic acids is 1. The van der Waals surface area contributed by atoms with E-state index >= 15 is 0 Å². The number of hydrogen-bond donors (Lipinski definition) is 2. The van der Waals surface area contributed by atoms with Crippen LogP contribution in [-0.2, 0) is 0 Å². The molecule has 0 spiro atoms. The van der Waals surface area contributed by atoms with Crippen LogP contribution in [0.3, 0.4) is 0 Å². The number of nitrogens with one attached hydrogen (secondary N) is 1. The summed E-state index contributed by atoms with van der Waals surface area (Å²) in [4.78, 5) is 30.8. The van der Waals surface area contributed by atoms with Gasteiger partial charge in [0.2, 0.25) is 0 Å². The van der Waals surface area contributed by atoms with Crippen LogP contribution in [0.2, 0.25) is 0 Å². The van der Waals surface area contributed by atoms with Crippen LogP contribution in [0.5, 0.6) is 0 Å². The Morgan fingerprint density at radius 3 is 2.48 bits per heavy atom. The van der Waals surface area contributed by atoms with Gasteiger partial charge in [-0.3, -0.25) is 9.69 Å². The van der Waals surface area contributed by atoms with Gasteiger partial charge in [-0.2, -0.15) is 0 Å². The van der Waals surface area contributed by atoms with Crippen LogP contribution in [0.1, 0.15) is 46.0 Å². The van der Waals surface area contributed by atoms with Gasteiger partial charge in [0.05, 0.1) is 5.56 Å². The molecule has 1 aromatic heterocycles. The van der Waals surface area contributed by atoms with Crippen molar-refractivity contribution in [2.45, 2.75) is 33.7 Å². The van der Waals surface area contributed by atoms with Crippen molar-refractivity contribution < 1.29 is 14.7 Å². The Bertz CT molecular complexity index is 565. The molecule has 0 bridgehead atoms. The molecule has 1 aliphatic heterocycles. The summed E-state index contributed by atoms with van der Waals surface area (Å²) in [6.45, 7) is 10.9. The van der Waals surface area contributed by atoms with Crippen molar-refractivity contribution in [3.8, 4) is 0 Å². The van der Waals surface area contributed by atoms with Crippen molar-refractivity contribution in [2.75, 3.05) is 26.2 Å². The van der Waals surface area contributed by atoms with Crippen molar-refractivity contribution in [1.82, 2.24) is 14.8 Å². The molecular formula is C15H23N3O3. The molecule has 0 aliphatic carbocycles. The third-order valence-electron chi connectivity index (χ3n) is 4.32. The van der Waals surface area contributed by atoms with Crippen LogP contribution in [0.15, 0.2) is 0 Å². The third kappa shape index (κ3) is 2.81. The second-order valence-corrected chi connectivity index (χ2v) is 5.66. The number of carbonyl (C=O) groups excluding carboxylic acids is 1. The zero-order valence-electron chi connectivity index (χ0n) is 13.1. The van der Waals surface area contributed by atoms with E-state index in [4.69, 9.17) is 5.11 Å². The Balaban J connectivity index is 2.23. The van der Waals surface area contributed by atoms with Gasteiger partial charge in [-0.15, -0.1) is 0 Å².